The summed E-state index contributed by atoms with van der Waals surface area (Å²) < 4.78 is 0. The van der Waals surface area contributed by atoms with Crippen molar-refractivity contribution >= 4 is 17.3 Å². The zero-order valence-corrected chi connectivity index (χ0v) is 19.3. The number of likely N-dealkylation sites (N-methyl/N-ethyl adjacent to an activating group) is 1. The Labute approximate surface area is 195 Å². The molecule has 2 fully saturated rings. The van der Waals surface area contributed by atoms with Crippen LogP contribution < -0.4 is 15.5 Å². The van der Waals surface area contributed by atoms with Gasteiger partial charge in [0.1, 0.15) is 11.4 Å². The lowest BCUT2D eigenvalue weighted by atomic mass is 9.90. The van der Waals surface area contributed by atoms with Crippen LogP contribution in [0.1, 0.15) is 45.5 Å². The topological polar surface area (TPSA) is 64.7 Å². The lowest BCUT2D eigenvalue weighted by molar-refractivity contribution is 0.0963. The first-order chi connectivity index (χ1) is 16.2. The van der Waals surface area contributed by atoms with Crippen LogP contribution in [0.4, 0.5) is 5.69 Å². The Morgan fingerprint density at radius 1 is 0.909 bits per heavy atom. The maximum Gasteiger partial charge on any atom is 0.211 e. The number of allylic oxidation sites excluding steroid dienone is 2. The van der Waals surface area contributed by atoms with Gasteiger partial charge in [-0.25, -0.2) is 0 Å². The van der Waals surface area contributed by atoms with Gasteiger partial charge in [-0.2, -0.15) is 0 Å². The number of Topliss-reactive ketones (excluding diaryl/α,β-unsaturated/α-hetero) is 2. The molecule has 0 spiro atoms. The summed E-state index contributed by atoms with van der Waals surface area (Å²) in [6.07, 6.45) is 4.46. The molecule has 2 N–H and O–H groups in total. The van der Waals surface area contributed by atoms with E-state index in [1.54, 1.807) is 31.3 Å². The van der Waals surface area contributed by atoms with Crippen LogP contribution in [0.25, 0.3) is 0 Å². The number of rotatable bonds is 7. The quantitative estimate of drug-likeness (QED) is 0.640. The highest BCUT2D eigenvalue weighted by molar-refractivity contribution is 6.26. The van der Waals surface area contributed by atoms with Crippen molar-refractivity contribution in [1.29, 1.82) is 0 Å². The fourth-order valence-electron chi connectivity index (χ4n) is 5.39. The Hall–Kier alpha value is -3.12. The Balaban J connectivity index is 1.16. The number of nitrogens with zero attached hydrogens (tertiary/aromatic N) is 2. The second kappa shape index (κ2) is 9.40. The normalized spacial score (nSPS) is 20.6. The fraction of sp³-hybridized carbons (Fsp3) is 0.407. The van der Waals surface area contributed by atoms with Crippen molar-refractivity contribution in [1.82, 2.24) is 15.5 Å². The standard InChI is InChI=1S/C27H32N4O2/c1-28-24-25(27(33)23-9-3-2-8-22(23)26(24)32)29-14-4-6-19-10-12-20(13-11-19)31-17-16-30-15-5-7-21(30)18-31/h2-3,8-13,21,28-29H,4-7,14-18H2,1H3. The van der Waals surface area contributed by atoms with E-state index in [4.69, 9.17) is 0 Å². The second-order valence-electron chi connectivity index (χ2n) is 9.18. The summed E-state index contributed by atoms with van der Waals surface area (Å²) in [6.45, 7) is 5.33. The van der Waals surface area contributed by atoms with Crippen molar-refractivity contribution in [3.8, 4) is 0 Å². The van der Waals surface area contributed by atoms with Crippen LogP contribution in [0, 0.1) is 0 Å². The van der Waals surface area contributed by atoms with Crippen LogP contribution in [0.15, 0.2) is 59.9 Å². The summed E-state index contributed by atoms with van der Waals surface area (Å²) >= 11 is 0. The minimum Gasteiger partial charge on any atom is -0.383 e. The number of aryl methyl sites for hydroxylation is 1. The van der Waals surface area contributed by atoms with Crippen LogP contribution >= 0.6 is 0 Å². The molecule has 3 aliphatic rings. The van der Waals surface area contributed by atoms with Crippen LogP contribution in [0.5, 0.6) is 0 Å². The average Bonchev–Trinajstić information content (AvgIpc) is 3.33. The van der Waals surface area contributed by atoms with Gasteiger partial charge in [-0.3, -0.25) is 14.5 Å². The molecule has 6 heteroatoms. The highest BCUT2D eigenvalue weighted by Crippen LogP contribution is 2.26. The molecule has 1 atom stereocenters. The van der Waals surface area contributed by atoms with Crippen LogP contribution in [0.3, 0.4) is 0 Å². The molecule has 1 unspecified atom stereocenters. The highest BCUT2D eigenvalue weighted by Gasteiger charge is 2.32. The molecule has 0 amide bonds. The minimum absolute atomic E-state index is 0.124. The van der Waals surface area contributed by atoms with Gasteiger partial charge >= 0.3 is 0 Å². The molecule has 2 aromatic carbocycles. The monoisotopic (exact) mass is 444 g/mol. The number of hydrogen-bond donors (Lipinski definition) is 2. The van der Waals surface area contributed by atoms with Crippen molar-refractivity contribution in [3.05, 3.63) is 76.6 Å². The lowest BCUT2D eigenvalue weighted by Gasteiger charge is -2.38. The predicted octanol–water partition coefficient (Wildman–Crippen LogP) is 3.00. The number of piperazine rings is 1. The van der Waals surface area contributed by atoms with Crippen molar-refractivity contribution in [2.24, 2.45) is 0 Å². The molecule has 6 nitrogen and oxygen atoms in total. The summed E-state index contributed by atoms with van der Waals surface area (Å²) in [5.41, 5.74) is 4.27. The zero-order valence-electron chi connectivity index (χ0n) is 19.3. The van der Waals surface area contributed by atoms with Gasteiger partial charge < -0.3 is 15.5 Å². The first-order valence-electron chi connectivity index (χ1n) is 12.1. The molecule has 0 bridgehead atoms. The van der Waals surface area contributed by atoms with Gasteiger partial charge in [0, 0.05) is 56.1 Å². The molecule has 172 valence electrons. The fourth-order valence-corrected chi connectivity index (χ4v) is 5.39. The lowest BCUT2D eigenvalue weighted by Crippen LogP contribution is -2.50. The maximum absolute atomic E-state index is 12.9. The Morgan fingerprint density at radius 2 is 1.64 bits per heavy atom. The smallest absolute Gasteiger partial charge is 0.211 e. The Morgan fingerprint density at radius 3 is 2.36 bits per heavy atom. The van der Waals surface area contributed by atoms with E-state index < -0.39 is 0 Å². The zero-order chi connectivity index (χ0) is 22.8. The molecule has 2 aromatic rings. The van der Waals surface area contributed by atoms with E-state index >= 15 is 0 Å². The molecule has 0 aromatic heterocycles. The van der Waals surface area contributed by atoms with Gasteiger partial charge in [0.05, 0.1) is 0 Å². The Kier molecular flexibility index (Phi) is 6.18. The average molecular weight is 445 g/mol. The SMILES string of the molecule is CNC1=C(NCCCc2ccc(N3CCN4CCCC4C3)cc2)C(=O)c2ccccc2C1=O. The molecular formula is C27H32N4O2. The van der Waals surface area contributed by atoms with E-state index in [0.29, 0.717) is 29.1 Å². The summed E-state index contributed by atoms with van der Waals surface area (Å²) in [4.78, 5) is 30.9. The van der Waals surface area contributed by atoms with Crippen LogP contribution in [-0.4, -0.2) is 62.3 Å². The number of anilines is 1. The number of benzene rings is 2. The number of hydrogen-bond acceptors (Lipinski definition) is 6. The first kappa shape index (κ1) is 21.7. The van der Waals surface area contributed by atoms with E-state index in [1.807, 2.05) is 0 Å². The predicted molar refractivity (Wildman–Crippen MR) is 131 cm³/mol. The van der Waals surface area contributed by atoms with Gasteiger partial charge in [0.15, 0.2) is 0 Å². The number of fused-ring (bicyclic) bond motifs is 2. The number of ketones is 2. The van der Waals surface area contributed by atoms with Crippen molar-refractivity contribution in [3.63, 3.8) is 0 Å². The minimum atomic E-state index is -0.135. The third kappa shape index (κ3) is 4.27. The van der Waals surface area contributed by atoms with Crippen molar-refractivity contribution in [2.75, 3.05) is 44.7 Å². The first-order valence-corrected chi connectivity index (χ1v) is 12.1. The van der Waals surface area contributed by atoms with Crippen LogP contribution in [-0.2, 0) is 6.42 Å². The number of carbonyl (C=O) groups is 2. The molecule has 2 aliphatic heterocycles. The molecule has 0 radical (unpaired) electrons. The summed E-state index contributed by atoms with van der Waals surface area (Å²) in [7, 11) is 1.68. The third-order valence-corrected chi connectivity index (χ3v) is 7.20. The molecule has 33 heavy (non-hydrogen) atoms. The maximum atomic E-state index is 12.9. The third-order valence-electron chi connectivity index (χ3n) is 7.20. The second-order valence-corrected chi connectivity index (χ2v) is 9.18. The molecule has 5 rings (SSSR count). The highest BCUT2D eigenvalue weighted by atomic mass is 16.1. The van der Waals surface area contributed by atoms with Crippen molar-refractivity contribution < 1.29 is 9.59 Å². The van der Waals surface area contributed by atoms with Gasteiger partial charge in [0.2, 0.25) is 11.6 Å². The molecular weight excluding hydrogens is 412 g/mol. The van der Waals surface area contributed by atoms with Gasteiger partial charge in [-0.15, -0.1) is 0 Å². The van der Waals surface area contributed by atoms with E-state index in [-0.39, 0.29) is 11.6 Å². The van der Waals surface area contributed by atoms with Gasteiger partial charge in [-0.1, -0.05) is 36.4 Å². The molecule has 0 saturated carbocycles. The van der Waals surface area contributed by atoms with E-state index in [9.17, 15) is 9.59 Å². The molecule has 1 aliphatic carbocycles. The van der Waals surface area contributed by atoms with E-state index in [0.717, 1.165) is 32.0 Å². The summed E-state index contributed by atoms with van der Waals surface area (Å²) in [5.74, 6) is -0.259. The Bertz CT molecular complexity index is 1080. The van der Waals surface area contributed by atoms with E-state index in [1.165, 1.54) is 37.2 Å². The van der Waals surface area contributed by atoms with Gasteiger partial charge in [0.25, 0.3) is 0 Å². The number of carbonyl (C=O) groups excluding carboxylic acids is 2. The molecule has 2 saturated heterocycles. The van der Waals surface area contributed by atoms with Gasteiger partial charge in [-0.05, 0) is 49.9 Å². The van der Waals surface area contributed by atoms with Crippen LogP contribution in [0.2, 0.25) is 0 Å². The number of nitrogens with one attached hydrogen (secondary N) is 2. The largest absolute Gasteiger partial charge is 0.383 e. The summed E-state index contributed by atoms with van der Waals surface area (Å²) in [6, 6.07) is 16.7. The molecule has 2 heterocycles. The van der Waals surface area contributed by atoms with Crippen molar-refractivity contribution in [2.45, 2.75) is 31.7 Å². The van der Waals surface area contributed by atoms with E-state index in [2.05, 4.69) is 44.7 Å². The summed E-state index contributed by atoms with van der Waals surface area (Å²) in [5, 5.41) is 6.16.